The first-order chi connectivity index (χ1) is 12.6. The fourth-order valence-electron chi connectivity index (χ4n) is 2.92. The molecule has 1 saturated heterocycles. The van der Waals surface area contributed by atoms with E-state index in [1.807, 2.05) is 0 Å². The van der Waals surface area contributed by atoms with Crippen LogP contribution in [0.3, 0.4) is 0 Å². The highest BCUT2D eigenvalue weighted by Gasteiger charge is 2.35. The zero-order valence-electron chi connectivity index (χ0n) is 15.7. The van der Waals surface area contributed by atoms with Crippen molar-refractivity contribution in [2.45, 2.75) is 50.9 Å². The monoisotopic (exact) mass is 387 g/mol. The minimum absolute atomic E-state index is 0.0305. The van der Waals surface area contributed by atoms with Gasteiger partial charge in [0.1, 0.15) is 13.2 Å². The van der Waals surface area contributed by atoms with Crippen LogP contribution in [-0.2, 0) is 21.7 Å². The molecule has 152 valence electrons. The average molecular weight is 387 g/mol. The van der Waals surface area contributed by atoms with E-state index >= 15 is 0 Å². The lowest BCUT2D eigenvalue weighted by molar-refractivity contribution is -0.135. The topological polar surface area (TPSA) is 79.2 Å². The highest BCUT2D eigenvalue weighted by Crippen LogP contribution is 2.33. The zero-order chi connectivity index (χ0) is 20.1. The Labute approximate surface area is 157 Å². The Bertz CT molecular complexity index is 613. The molecule has 27 heavy (non-hydrogen) atoms. The highest BCUT2D eigenvalue weighted by molar-refractivity contribution is 5.65. The number of piperidine rings is 1. The SMILES string of the molecule is CC(C)OCC(F)(F)COCc1ccc(C2(O)CCN(C(=O)O)CC2)cc1. The molecule has 2 rings (SSSR count). The van der Waals surface area contributed by atoms with Crippen molar-refractivity contribution >= 4 is 6.09 Å². The number of ether oxygens (including phenoxy) is 2. The van der Waals surface area contributed by atoms with Crippen molar-refractivity contribution < 1.29 is 33.3 Å². The summed E-state index contributed by atoms with van der Waals surface area (Å²) in [4.78, 5) is 12.2. The second kappa shape index (κ2) is 8.95. The Kier molecular flexibility index (Phi) is 7.13. The minimum atomic E-state index is -3.04. The van der Waals surface area contributed by atoms with Crippen LogP contribution in [0.15, 0.2) is 24.3 Å². The number of alkyl halides is 2. The summed E-state index contributed by atoms with van der Waals surface area (Å²) in [5.74, 6) is -3.04. The molecule has 1 fully saturated rings. The number of aliphatic hydroxyl groups is 1. The number of carboxylic acid groups (broad SMARTS) is 1. The molecule has 0 aromatic heterocycles. The van der Waals surface area contributed by atoms with E-state index in [4.69, 9.17) is 14.6 Å². The van der Waals surface area contributed by atoms with Crippen molar-refractivity contribution in [2.75, 3.05) is 26.3 Å². The molecular weight excluding hydrogens is 360 g/mol. The number of carbonyl (C=O) groups is 1. The zero-order valence-corrected chi connectivity index (χ0v) is 15.7. The van der Waals surface area contributed by atoms with Gasteiger partial charge in [-0.3, -0.25) is 0 Å². The van der Waals surface area contributed by atoms with E-state index in [1.165, 1.54) is 4.90 Å². The van der Waals surface area contributed by atoms with Gasteiger partial charge in [0.2, 0.25) is 0 Å². The van der Waals surface area contributed by atoms with E-state index in [0.29, 0.717) is 24.0 Å². The van der Waals surface area contributed by atoms with E-state index < -0.39 is 30.8 Å². The van der Waals surface area contributed by atoms with Gasteiger partial charge in [-0.25, -0.2) is 13.6 Å². The van der Waals surface area contributed by atoms with Crippen LogP contribution in [0.4, 0.5) is 13.6 Å². The first-order valence-electron chi connectivity index (χ1n) is 8.98. The summed E-state index contributed by atoms with van der Waals surface area (Å²) in [5.41, 5.74) is 0.324. The normalized spacial score (nSPS) is 17.3. The fraction of sp³-hybridized carbons (Fsp3) is 0.632. The Balaban J connectivity index is 1.84. The van der Waals surface area contributed by atoms with Crippen LogP contribution >= 0.6 is 0 Å². The van der Waals surface area contributed by atoms with Gasteiger partial charge in [0.15, 0.2) is 0 Å². The number of hydrogen-bond donors (Lipinski definition) is 2. The Morgan fingerprint density at radius 3 is 2.33 bits per heavy atom. The number of benzene rings is 1. The molecule has 1 amide bonds. The van der Waals surface area contributed by atoms with Gasteiger partial charge in [0, 0.05) is 13.1 Å². The maximum absolute atomic E-state index is 13.6. The maximum Gasteiger partial charge on any atom is 0.407 e. The van der Waals surface area contributed by atoms with Gasteiger partial charge >= 0.3 is 6.09 Å². The highest BCUT2D eigenvalue weighted by atomic mass is 19.3. The summed E-state index contributed by atoms with van der Waals surface area (Å²) >= 11 is 0. The molecule has 1 aliphatic heterocycles. The Morgan fingerprint density at radius 1 is 1.22 bits per heavy atom. The van der Waals surface area contributed by atoms with E-state index in [0.717, 1.165) is 0 Å². The summed E-state index contributed by atoms with van der Waals surface area (Å²) in [6.45, 7) is 2.55. The number of halogens is 2. The number of hydrogen-bond acceptors (Lipinski definition) is 4. The first-order valence-corrected chi connectivity index (χ1v) is 8.98. The third-order valence-corrected chi connectivity index (χ3v) is 4.56. The molecule has 8 heteroatoms. The molecule has 0 spiro atoms. The van der Waals surface area contributed by atoms with E-state index in [9.17, 15) is 18.7 Å². The van der Waals surface area contributed by atoms with Gasteiger partial charge in [-0.05, 0) is 37.8 Å². The van der Waals surface area contributed by atoms with E-state index in [-0.39, 0.29) is 25.8 Å². The minimum Gasteiger partial charge on any atom is -0.465 e. The maximum atomic E-state index is 13.6. The van der Waals surface area contributed by atoms with Gasteiger partial charge in [-0.2, -0.15) is 0 Å². The van der Waals surface area contributed by atoms with Crippen molar-refractivity contribution in [1.82, 2.24) is 4.90 Å². The molecule has 0 bridgehead atoms. The van der Waals surface area contributed by atoms with Crippen LogP contribution in [0.5, 0.6) is 0 Å². The third kappa shape index (κ3) is 6.41. The van der Waals surface area contributed by atoms with Crippen molar-refractivity contribution in [3.05, 3.63) is 35.4 Å². The lowest BCUT2D eigenvalue weighted by Crippen LogP contribution is -2.44. The van der Waals surface area contributed by atoms with Crippen LogP contribution in [0.2, 0.25) is 0 Å². The summed E-state index contributed by atoms with van der Waals surface area (Å²) in [5, 5.41) is 19.7. The van der Waals surface area contributed by atoms with Crippen LogP contribution in [0.25, 0.3) is 0 Å². The summed E-state index contributed by atoms with van der Waals surface area (Å²) < 4.78 is 37.2. The molecule has 6 nitrogen and oxygen atoms in total. The second-order valence-corrected chi connectivity index (χ2v) is 7.21. The lowest BCUT2D eigenvalue weighted by Gasteiger charge is -2.37. The van der Waals surface area contributed by atoms with Crippen molar-refractivity contribution in [3.8, 4) is 0 Å². The van der Waals surface area contributed by atoms with E-state index in [2.05, 4.69) is 0 Å². The largest absolute Gasteiger partial charge is 0.465 e. The smallest absolute Gasteiger partial charge is 0.407 e. The number of likely N-dealkylation sites (tertiary alicyclic amines) is 1. The molecule has 0 radical (unpaired) electrons. The van der Waals surface area contributed by atoms with Crippen molar-refractivity contribution in [3.63, 3.8) is 0 Å². The van der Waals surface area contributed by atoms with Crippen LogP contribution < -0.4 is 0 Å². The van der Waals surface area contributed by atoms with Gasteiger partial charge in [-0.1, -0.05) is 24.3 Å². The predicted octanol–water partition coefficient (Wildman–Crippen LogP) is 3.22. The molecule has 1 heterocycles. The third-order valence-electron chi connectivity index (χ3n) is 4.56. The van der Waals surface area contributed by atoms with Gasteiger partial charge in [0.25, 0.3) is 5.92 Å². The lowest BCUT2D eigenvalue weighted by atomic mass is 9.84. The molecule has 0 aliphatic carbocycles. The number of nitrogens with zero attached hydrogens (tertiary/aromatic N) is 1. The summed E-state index contributed by atoms with van der Waals surface area (Å²) in [6.07, 6.45) is -0.620. The molecular formula is C19H27F2NO5. The standard InChI is InChI=1S/C19H27F2NO5/c1-14(2)27-13-19(20,21)12-26-11-15-3-5-16(6-4-15)18(25)7-9-22(10-8-18)17(23)24/h3-6,14,25H,7-13H2,1-2H3,(H,23,24). The number of amides is 1. The number of rotatable bonds is 8. The molecule has 1 aliphatic rings. The van der Waals surface area contributed by atoms with Crippen molar-refractivity contribution in [2.24, 2.45) is 0 Å². The average Bonchev–Trinajstić information content (AvgIpc) is 2.61. The van der Waals surface area contributed by atoms with Gasteiger partial charge < -0.3 is 24.6 Å². The quantitative estimate of drug-likeness (QED) is 0.716. The molecule has 0 saturated carbocycles. The Morgan fingerprint density at radius 2 is 1.81 bits per heavy atom. The van der Waals surface area contributed by atoms with Crippen LogP contribution in [-0.4, -0.2) is 59.5 Å². The van der Waals surface area contributed by atoms with E-state index in [1.54, 1.807) is 38.1 Å². The molecule has 0 unspecified atom stereocenters. The van der Waals surface area contributed by atoms with Crippen LogP contribution in [0.1, 0.15) is 37.8 Å². The van der Waals surface area contributed by atoms with Crippen LogP contribution in [0, 0.1) is 0 Å². The van der Waals surface area contributed by atoms with Gasteiger partial charge in [0.05, 0.1) is 18.3 Å². The second-order valence-electron chi connectivity index (χ2n) is 7.21. The summed E-state index contributed by atoms with van der Waals surface area (Å²) in [6, 6.07) is 6.91. The van der Waals surface area contributed by atoms with Gasteiger partial charge in [-0.15, -0.1) is 0 Å². The molecule has 2 N–H and O–H groups in total. The predicted molar refractivity (Wildman–Crippen MR) is 94.9 cm³/mol. The van der Waals surface area contributed by atoms with Crippen molar-refractivity contribution in [1.29, 1.82) is 0 Å². The molecule has 1 aromatic rings. The first kappa shape index (κ1) is 21.5. The molecule has 1 aromatic carbocycles. The Hall–Kier alpha value is -1.77. The summed E-state index contributed by atoms with van der Waals surface area (Å²) in [7, 11) is 0. The molecule has 0 atom stereocenters. The fourth-order valence-corrected chi connectivity index (χ4v) is 2.92.